The van der Waals surface area contributed by atoms with Crippen LogP contribution in [0.25, 0.3) is 5.65 Å². The third kappa shape index (κ3) is 1.65. The monoisotopic (exact) mass is 202 g/mol. The largest absolute Gasteiger partial charge is 0.308 e. The number of nitrogens with zero attached hydrogens (tertiary/aromatic N) is 2. The van der Waals surface area contributed by atoms with Crippen LogP contribution in [0.3, 0.4) is 0 Å². The van der Waals surface area contributed by atoms with Gasteiger partial charge in [-0.1, -0.05) is 27.7 Å². The molecule has 0 aliphatic rings. The summed E-state index contributed by atoms with van der Waals surface area (Å²) in [5.74, 6) is 0. The second-order valence-electron chi connectivity index (χ2n) is 4.98. The molecule has 0 saturated carbocycles. The van der Waals surface area contributed by atoms with E-state index in [1.165, 1.54) is 11.1 Å². The SMILES string of the molecule is CCc1c(C(C)(C)C)cn2cccnc12. The summed E-state index contributed by atoms with van der Waals surface area (Å²) in [6, 6.07) is 1.97. The van der Waals surface area contributed by atoms with Crippen LogP contribution >= 0.6 is 0 Å². The summed E-state index contributed by atoms with van der Waals surface area (Å²) in [7, 11) is 0. The van der Waals surface area contributed by atoms with E-state index in [1.807, 2.05) is 12.3 Å². The second-order valence-corrected chi connectivity index (χ2v) is 4.98. The Hall–Kier alpha value is -1.31. The third-order valence-electron chi connectivity index (χ3n) is 2.80. The highest BCUT2D eigenvalue weighted by Crippen LogP contribution is 2.29. The van der Waals surface area contributed by atoms with Gasteiger partial charge in [0.15, 0.2) is 0 Å². The van der Waals surface area contributed by atoms with Gasteiger partial charge in [0, 0.05) is 24.2 Å². The van der Waals surface area contributed by atoms with Gasteiger partial charge in [0.2, 0.25) is 0 Å². The van der Waals surface area contributed by atoms with Crippen molar-refractivity contribution in [3.05, 3.63) is 35.8 Å². The maximum Gasteiger partial charge on any atom is 0.140 e. The fourth-order valence-electron chi connectivity index (χ4n) is 2.05. The first-order valence-electron chi connectivity index (χ1n) is 5.49. The fourth-order valence-corrected chi connectivity index (χ4v) is 2.05. The third-order valence-corrected chi connectivity index (χ3v) is 2.80. The highest BCUT2D eigenvalue weighted by atomic mass is 15.0. The Labute approximate surface area is 91.0 Å². The number of hydrogen-bond acceptors (Lipinski definition) is 1. The van der Waals surface area contributed by atoms with Gasteiger partial charge in [-0.05, 0) is 23.5 Å². The van der Waals surface area contributed by atoms with Crippen molar-refractivity contribution in [2.24, 2.45) is 0 Å². The summed E-state index contributed by atoms with van der Waals surface area (Å²) in [4.78, 5) is 4.45. The van der Waals surface area contributed by atoms with Crippen molar-refractivity contribution >= 4 is 5.65 Å². The van der Waals surface area contributed by atoms with Crippen LogP contribution in [-0.2, 0) is 11.8 Å². The summed E-state index contributed by atoms with van der Waals surface area (Å²) in [5.41, 5.74) is 4.08. The van der Waals surface area contributed by atoms with Gasteiger partial charge >= 0.3 is 0 Å². The van der Waals surface area contributed by atoms with Crippen LogP contribution < -0.4 is 0 Å². The molecule has 0 aliphatic carbocycles. The molecule has 2 rings (SSSR count). The first-order valence-corrected chi connectivity index (χ1v) is 5.49. The van der Waals surface area contributed by atoms with Crippen molar-refractivity contribution in [1.29, 1.82) is 0 Å². The van der Waals surface area contributed by atoms with Crippen molar-refractivity contribution in [3.63, 3.8) is 0 Å². The van der Waals surface area contributed by atoms with E-state index < -0.39 is 0 Å². The molecular formula is C13H18N2. The molecule has 0 N–H and O–H groups in total. The van der Waals surface area contributed by atoms with Crippen LogP contribution in [0, 0.1) is 0 Å². The predicted octanol–water partition coefficient (Wildman–Crippen LogP) is 3.19. The van der Waals surface area contributed by atoms with Crippen LogP contribution in [-0.4, -0.2) is 9.38 Å². The van der Waals surface area contributed by atoms with E-state index in [1.54, 1.807) is 0 Å². The van der Waals surface area contributed by atoms with Gasteiger partial charge in [-0.15, -0.1) is 0 Å². The molecule has 0 radical (unpaired) electrons. The molecule has 0 aliphatic heterocycles. The molecule has 15 heavy (non-hydrogen) atoms. The van der Waals surface area contributed by atoms with Gasteiger partial charge < -0.3 is 4.40 Å². The van der Waals surface area contributed by atoms with Crippen LogP contribution in [0.5, 0.6) is 0 Å². The molecule has 80 valence electrons. The topological polar surface area (TPSA) is 17.3 Å². The van der Waals surface area contributed by atoms with Gasteiger partial charge in [0.25, 0.3) is 0 Å². The van der Waals surface area contributed by atoms with Crippen molar-refractivity contribution < 1.29 is 0 Å². The Balaban J connectivity index is 2.75. The molecule has 0 spiro atoms. The zero-order chi connectivity index (χ0) is 11.1. The molecule has 2 heteroatoms. The van der Waals surface area contributed by atoms with Crippen molar-refractivity contribution in [1.82, 2.24) is 9.38 Å². The maximum absolute atomic E-state index is 4.45. The highest BCUT2D eigenvalue weighted by molar-refractivity contribution is 5.55. The average molecular weight is 202 g/mol. The van der Waals surface area contributed by atoms with E-state index in [2.05, 4.69) is 49.5 Å². The Kier molecular flexibility index (Phi) is 2.29. The molecule has 0 bridgehead atoms. The molecule has 2 nitrogen and oxygen atoms in total. The minimum atomic E-state index is 0.193. The van der Waals surface area contributed by atoms with Gasteiger partial charge in [-0.25, -0.2) is 4.98 Å². The minimum Gasteiger partial charge on any atom is -0.308 e. The number of aromatic nitrogens is 2. The molecule has 2 aromatic rings. The zero-order valence-corrected chi connectivity index (χ0v) is 9.91. The number of fused-ring (bicyclic) bond motifs is 1. The Morgan fingerprint density at radius 1 is 1.33 bits per heavy atom. The van der Waals surface area contributed by atoms with Crippen LogP contribution in [0.2, 0.25) is 0 Å². The standard InChI is InChI=1S/C13H18N2/c1-5-10-11(13(2,3)4)9-15-8-6-7-14-12(10)15/h6-9H,5H2,1-4H3. The normalized spacial score (nSPS) is 12.3. The molecule has 0 unspecified atom stereocenters. The average Bonchev–Trinajstić information content (AvgIpc) is 2.55. The minimum absolute atomic E-state index is 0.193. The zero-order valence-electron chi connectivity index (χ0n) is 9.91. The summed E-state index contributed by atoms with van der Waals surface area (Å²) in [5, 5.41) is 0. The lowest BCUT2D eigenvalue weighted by atomic mass is 9.86. The maximum atomic E-state index is 4.45. The molecule has 0 atom stereocenters. The summed E-state index contributed by atoms with van der Waals surface area (Å²) in [6.07, 6.45) is 7.18. The fraction of sp³-hybridized carbons (Fsp3) is 0.462. The molecule has 0 fully saturated rings. The number of aryl methyl sites for hydroxylation is 1. The van der Waals surface area contributed by atoms with Crippen molar-refractivity contribution in [2.75, 3.05) is 0 Å². The molecule has 0 saturated heterocycles. The Morgan fingerprint density at radius 2 is 2.07 bits per heavy atom. The number of hydrogen-bond donors (Lipinski definition) is 0. The highest BCUT2D eigenvalue weighted by Gasteiger charge is 2.21. The van der Waals surface area contributed by atoms with Gasteiger partial charge in [0.05, 0.1) is 0 Å². The Bertz CT molecular complexity index is 475. The first-order chi connectivity index (χ1) is 7.04. The van der Waals surface area contributed by atoms with Gasteiger partial charge in [-0.2, -0.15) is 0 Å². The number of rotatable bonds is 1. The smallest absolute Gasteiger partial charge is 0.140 e. The Morgan fingerprint density at radius 3 is 2.67 bits per heavy atom. The van der Waals surface area contributed by atoms with Gasteiger partial charge in [-0.3, -0.25) is 0 Å². The van der Waals surface area contributed by atoms with E-state index in [-0.39, 0.29) is 5.41 Å². The van der Waals surface area contributed by atoms with E-state index in [9.17, 15) is 0 Å². The quantitative estimate of drug-likeness (QED) is 0.694. The summed E-state index contributed by atoms with van der Waals surface area (Å²) < 4.78 is 2.12. The summed E-state index contributed by atoms with van der Waals surface area (Å²) >= 11 is 0. The van der Waals surface area contributed by atoms with Crippen molar-refractivity contribution in [2.45, 2.75) is 39.5 Å². The van der Waals surface area contributed by atoms with E-state index in [0.29, 0.717) is 0 Å². The predicted molar refractivity (Wildman–Crippen MR) is 63.3 cm³/mol. The van der Waals surface area contributed by atoms with E-state index in [0.717, 1.165) is 12.1 Å². The lowest BCUT2D eigenvalue weighted by Gasteiger charge is -2.18. The second kappa shape index (κ2) is 3.37. The van der Waals surface area contributed by atoms with Crippen LogP contribution in [0.1, 0.15) is 38.8 Å². The van der Waals surface area contributed by atoms with E-state index >= 15 is 0 Å². The van der Waals surface area contributed by atoms with Crippen LogP contribution in [0.4, 0.5) is 0 Å². The van der Waals surface area contributed by atoms with Gasteiger partial charge in [0.1, 0.15) is 5.65 Å². The van der Waals surface area contributed by atoms with Crippen LogP contribution in [0.15, 0.2) is 24.7 Å². The molecule has 0 aromatic carbocycles. The lowest BCUT2D eigenvalue weighted by Crippen LogP contribution is -2.12. The molecular weight excluding hydrogens is 184 g/mol. The molecule has 0 amide bonds. The van der Waals surface area contributed by atoms with E-state index in [4.69, 9.17) is 0 Å². The molecule has 2 aromatic heterocycles. The van der Waals surface area contributed by atoms with Crippen molar-refractivity contribution in [3.8, 4) is 0 Å². The molecule has 2 heterocycles. The lowest BCUT2D eigenvalue weighted by molar-refractivity contribution is 0.584. The first kappa shape index (κ1) is 10.2. The summed E-state index contributed by atoms with van der Waals surface area (Å²) in [6.45, 7) is 8.95.